The van der Waals surface area contributed by atoms with Crippen LogP contribution in [0.4, 0.5) is 0 Å². The molecule has 0 aliphatic rings. The molecule has 0 saturated carbocycles. The van der Waals surface area contributed by atoms with Gasteiger partial charge in [0.15, 0.2) is 0 Å². The summed E-state index contributed by atoms with van der Waals surface area (Å²) in [7, 11) is 0. The first-order chi connectivity index (χ1) is 12.7. The number of fused-ring (bicyclic) bond motifs is 1. The summed E-state index contributed by atoms with van der Waals surface area (Å²) in [5.41, 5.74) is 1.39. The first-order valence-corrected chi connectivity index (χ1v) is 9.66. The lowest BCUT2D eigenvalue weighted by molar-refractivity contribution is 0.473. The second-order valence-corrected chi connectivity index (χ2v) is 6.58. The molecule has 0 spiro atoms. The second kappa shape index (κ2) is 10.6. The average Bonchev–Trinajstić information content (AvgIpc) is 2.64. The summed E-state index contributed by atoms with van der Waals surface area (Å²) in [6.07, 6.45) is 10.2. The van der Waals surface area contributed by atoms with E-state index in [1.807, 2.05) is 12.1 Å². The van der Waals surface area contributed by atoms with Crippen molar-refractivity contribution in [3.63, 3.8) is 0 Å². The maximum atomic E-state index is 10.3. The molecule has 0 aliphatic heterocycles. The van der Waals surface area contributed by atoms with Crippen LogP contribution in [0.25, 0.3) is 10.8 Å². The summed E-state index contributed by atoms with van der Waals surface area (Å²) in [6, 6.07) is 6.96. The summed E-state index contributed by atoms with van der Waals surface area (Å²) >= 11 is 0. The quantitative estimate of drug-likeness (QED) is 0.439. The average molecular weight is 354 g/mol. The lowest BCUT2D eigenvalue weighted by Crippen LogP contribution is -1.93. The fourth-order valence-corrected chi connectivity index (χ4v) is 2.92. The van der Waals surface area contributed by atoms with Crippen molar-refractivity contribution in [2.24, 2.45) is 9.98 Å². The molecule has 0 fully saturated rings. The highest BCUT2D eigenvalue weighted by molar-refractivity contribution is 6.09. The lowest BCUT2D eigenvalue weighted by atomic mass is 9.99. The van der Waals surface area contributed by atoms with Gasteiger partial charge in [-0.05, 0) is 47.9 Å². The molecule has 26 heavy (non-hydrogen) atoms. The molecule has 2 aromatic rings. The minimum atomic E-state index is 0.202. The summed E-state index contributed by atoms with van der Waals surface area (Å²) in [5.74, 6) is 0.404. The third-order valence-corrected chi connectivity index (χ3v) is 4.46. The molecule has 0 atom stereocenters. The molecule has 4 heteroatoms. The van der Waals surface area contributed by atoms with Gasteiger partial charge in [-0.15, -0.1) is 0 Å². The molecule has 140 valence electrons. The highest BCUT2D eigenvalue weighted by Crippen LogP contribution is 2.31. The molecular weight excluding hydrogens is 324 g/mol. The minimum Gasteiger partial charge on any atom is -0.507 e. The standard InChI is InChI=1S/C22H30N2O2/c1-3-5-7-13-23-15-19-17-9-12-22(26)20(16-24-14-8-6-4-2)18(17)10-11-21(19)25/h9-12,15-16,25-26H,3-8,13-14H2,1-2H3. The first-order valence-electron chi connectivity index (χ1n) is 9.66. The van der Waals surface area contributed by atoms with Crippen LogP contribution in [-0.2, 0) is 0 Å². The number of phenols is 2. The number of hydrogen-bond acceptors (Lipinski definition) is 4. The van der Waals surface area contributed by atoms with Crippen molar-refractivity contribution >= 4 is 23.2 Å². The molecule has 0 bridgehead atoms. The minimum absolute atomic E-state index is 0.202. The van der Waals surface area contributed by atoms with Gasteiger partial charge in [0.2, 0.25) is 0 Å². The van der Waals surface area contributed by atoms with Gasteiger partial charge in [0.25, 0.3) is 0 Å². The van der Waals surface area contributed by atoms with Crippen LogP contribution in [-0.4, -0.2) is 35.7 Å². The highest BCUT2D eigenvalue weighted by atomic mass is 16.3. The molecular formula is C22H30N2O2. The summed E-state index contributed by atoms with van der Waals surface area (Å²) in [4.78, 5) is 8.91. The van der Waals surface area contributed by atoms with E-state index in [4.69, 9.17) is 0 Å². The molecule has 0 heterocycles. The van der Waals surface area contributed by atoms with E-state index in [9.17, 15) is 10.2 Å². The van der Waals surface area contributed by atoms with Crippen LogP contribution in [0.2, 0.25) is 0 Å². The SMILES string of the molecule is CCCCCN=Cc1c(O)ccc2c(C=NCCCCC)c(O)ccc12. The Morgan fingerprint density at radius 1 is 0.692 bits per heavy atom. The van der Waals surface area contributed by atoms with Gasteiger partial charge in [0.05, 0.1) is 0 Å². The van der Waals surface area contributed by atoms with Crippen LogP contribution < -0.4 is 0 Å². The van der Waals surface area contributed by atoms with E-state index >= 15 is 0 Å². The zero-order valence-corrected chi connectivity index (χ0v) is 15.9. The van der Waals surface area contributed by atoms with Gasteiger partial charge < -0.3 is 10.2 Å². The topological polar surface area (TPSA) is 65.2 Å². The van der Waals surface area contributed by atoms with Crippen LogP contribution in [0.5, 0.6) is 11.5 Å². The van der Waals surface area contributed by atoms with Gasteiger partial charge in [0, 0.05) is 36.6 Å². The van der Waals surface area contributed by atoms with E-state index in [-0.39, 0.29) is 11.5 Å². The molecule has 0 radical (unpaired) electrons. The molecule has 2 N–H and O–H groups in total. The van der Waals surface area contributed by atoms with Crippen molar-refractivity contribution < 1.29 is 10.2 Å². The highest BCUT2D eigenvalue weighted by Gasteiger charge is 2.10. The van der Waals surface area contributed by atoms with E-state index in [0.717, 1.165) is 62.4 Å². The van der Waals surface area contributed by atoms with Crippen LogP contribution in [0.3, 0.4) is 0 Å². The molecule has 0 aliphatic carbocycles. The van der Waals surface area contributed by atoms with Crippen LogP contribution >= 0.6 is 0 Å². The third-order valence-electron chi connectivity index (χ3n) is 4.46. The van der Waals surface area contributed by atoms with Crippen molar-refractivity contribution in [2.45, 2.75) is 52.4 Å². The molecule has 4 nitrogen and oxygen atoms in total. The number of hydrogen-bond donors (Lipinski definition) is 2. The molecule has 0 amide bonds. The molecule has 2 aromatic carbocycles. The van der Waals surface area contributed by atoms with Gasteiger partial charge in [0.1, 0.15) is 11.5 Å². The second-order valence-electron chi connectivity index (χ2n) is 6.58. The van der Waals surface area contributed by atoms with Gasteiger partial charge in [-0.3, -0.25) is 9.98 Å². The van der Waals surface area contributed by atoms with Crippen LogP contribution in [0, 0.1) is 0 Å². The lowest BCUT2D eigenvalue weighted by Gasteiger charge is -2.09. The smallest absolute Gasteiger partial charge is 0.124 e. The number of benzene rings is 2. The normalized spacial score (nSPS) is 11.9. The Kier molecular flexibility index (Phi) is 8.13. The monoisotopic (exact) mass is 354 g/mol. The van der Waals surface area contributed by atoms with Crippen molar-refractivity contribution in [3.05, 3.63) is 35.4 Å². The zero-order valence-electron chi connectivity index (χ0n) is 15.9. The van der Waals surface area contributed by atoms with Crippen LogP contribution in [0.1, 0.15) is 63.5 Å². The number of phenolic OH excluding ortho intramolecular Hbond substituents is 2. The van der Waals surface area contributed by atoms with Crippen molar-refractivity contribution in [3.8, 4) is 11.5 Å². The van der Waals surface area contributed by atoms with Gasteiger partial charge in [-0.2, -0.15) is 0 Å². The first kappa shape index (κ1) is 20.0. The maximum Gasteiger partial charge on any atom is 0.124 e. The largest absolute Gasteiger partial charge is 0.507 e. The fraction of sp³-hybridized carbons (Fsp3) is 0.455. The van der Waals surface area contributed by atoms with E-state index in [0.29, 0.717) is 11.1 Å². The summed E-state index contributed by atoms with van der Waals surface area (Å²) < 4.78 is 0. The number of nitrogens with zero attached hydrogens (tertiary/aromatic N) is 2. The molecule has 0 aromatic heterocycles. The Morgan fingerprint density at radius 3 is 1.50 bits per heavy atom. The molecule has 0 saturated heterocycles. The Labute approximate surface area is 156 Å². The Morgan fingerprint density at radius 2 is 1.12 bits per heavy atom. The maximum absolute atomic E-state index is 10.3. The summed E-state index contributed by atoms with van der Waals surface area (Å²) in [6.45, 7) is 5.84. The van der Waals surface area contributed by atoms with Crippen molar-refractivity contribution in [2.75, 3.05) is 13.1 Å². The Hall–Kier alpha value is -2.36. The van der Waals surface area contributed by atoms with Crippen LogP contribution in [0.15, 0.2) is 34.3 Å². The predicted molar refractivity (Wildman–Crippen MR) is 111 cm³/mol. The third kappa shape index (κ3) is 5.32. The zero-order chi connectivity index (χ0) is 18.8. The molecule has 0 unspecified atom stereocenters. The number of unbranched alkanes of at least 4 members (excludes halogenated alkanes) is 4. The van der Waals surface area contributed by atoms with E-state index in [1.165, 1.54) is 0 Å². The van der Waals surface area contributed by atoms with Gasteiger partial charge >= 0.3 is 0 Å². The number of aromatic hydroxyl groups is 2. The Balaban J connectivity index is 2.31. The number of rotatable bonds is 10. The van der Waals surface area contributed by atoms with Crippen molar-refractivity contribution in [1.82, 2.24) is 0 Å². The fourth-order valence-electron chi connectivity index (χ4n) is 2.92. The van der Waals surface area contributed by atoms with Crippen molar-refractivity contribution in [1.29, 1.82) is 0 Å². The molecule has 2 rings (SSSR count). The number of aliphatic imine (C=N–C) groups is 2. The predicted octanol–water partition coefficient (Wildman–Crippen LogP) is 5.47. The van der Waals surface area contributed by atoms with E-state index in [1.54, 1.807) is 24.6 Å². The van der Waals surface area contributed by atoms with E-state index < -0.39 is 0 Å². The summed E-state index contributed by atoms with van der Waals surface area (Å²) in [5, 5.41) is 22.3. The van der Waals surface area contributed by atoms with E-state index in [2.05, 4.69) is 23.8 Å². The van der Waals surface area contributed by atoms with Gasteiger partial charge in [-0.1, -0.05) is 39.5 Å². The Bertz CT molecular complexity index is 701. The van der Waals surface area contributed by atoms with Gasteiger partial charge in [-0.25, -0.2) is 0 Å².